The van der Waals surface area contributed by atoms with Gasteiger partial charge in [0, 0.05) is 29.2 Å². The maximum atomic E-state index is 12.5. The highest BCUT2D eigenvalue weighted by molar-refractivity contribution is 6.30. The first kappa shape index (κ1) is 22.6. The number of nitrogens with one attached hydrogen (secondary N) is 3. The molecule has 0 aliphatic rings. The van der Waals surface area contributed by atoms with Crippen LogP contribution in [-0.4, -0.2) is 21.9 Å². The van der Waals surface area contributed by atoms with E-state index >= 15 is 0 Å². The minimum atomic E-state index is -0.499. The van der Waals surface area contributed by atoms with E-state index in [1.165, 1.54) is 0 Å². The maximum Gasteiger partial charge on any atom is 0.242 e. The van der Waals surface area contributed by atoms with E-state index in [2.05, 4.69) is 32.5 Å². The minimum Gasteiger partial charge on any atom is -0.358 e. The van der Waals surface area contributed by atoms with Gasteiger partial charge in [0.1, 0.15) is 11.9 Å². The van der Waals surface area contributed by atoms with Gasteiger partial charge in [-0.1, -0.05) is 54.0 Å². The minimum absolute atomic E-state index is 0.151. The van der Waals surface area contributed by atoms with Gasteiger partial charge < -0.3 is 16.0 Å². The van der Waals surface area contributed by atoms with E-state index in [4.69, 9.17) is 23.2 Å². The summed E-state index contributed by atoms with van der Waals surface area (Å²) in [6.07, 6.45) is 1.63. The number of halogens is 2. The normalized spacial score (nSPS) is 11.5. The van der Waals surface area contributed by atoms with Gasteiger partial charge in [0.25, 0.3) is 0 Å². The highest BCUT2D eigenvalue weighted by atomic mass is 35.5. The Hall–Kier alpha value is -3.09. The molecule has 0 bridgehead atoms. The van der Waals surface area contributed by atoms with Gasteiger partial charge in [0.2, 0.25) is 11.9 Å². The highest BCUT2D eigenvalue weighted by Crippen LogP contribution is 2.15. The monoisotopic (exact) mass is 455 g/mol. The van der Waals surface area contributed by atoms with Crippen LogP contribution in [0.5, 0.6) is 0 Å². The number of rotatable bonds is 9. The Labute approximate surface area is 191 Å². The van der Waals surface area contributed by atoms with Gasteiger partial charge in [-0.3, -0.25) is 4.79 Å². The number of hydrogen-bond acceptors (Lipinski definition) is 5. The molecule has 0 aliphatic carbocycles. The van der Waals surface area contributed by atoms with Gasteiger partial charge in [-0.15, -0.1) is 0 Å². The maximum absolute atomic E-state index is 12.5. The molecule has 3 aromatic rings. The van der Waals surface area contributed by atoms with Crippen molar-refractivity contribution < 1.29 is 4.79 Å². The van der Waals surface area contributed by atoms with E-state index in [1.54, 1.807) is 31.2 Å². The Morgan fingerprint density at radius 1 is 1.03 bits per heavy atom. The van der Waals surface area contributed by atoms with E-state index in [-0.39, 0.29) is 5.91 Å². The van der Waals surface area contributed by atoms with Crippen LogP contribution < -0.4 is 16.0 Å². The third-order valence-corrected chi connectivity index (χ3v) is 4.92. The molecule has 0 aliphatic heterocycles. The van der Waals surface area contributed by atoms with E-state index in [0.29, 0.717) is 40.6 Å². The highest BCUT2D eigenvalue weighted by Gasteiger charge is 2.14. The Morgan fingerprint density at radius 2 is 1.81 bits per heavy atom. The lowest BCUT2D eigenvalue weighted by Gasteiger charge is -2.16. The van der Waals surface area contributed by atoms with Crippen LogP contribution in [-0.2, 0) is 17.9 Å². The zero-order valence-corrected chi connectivity index (χ0v) is 18.5. The first-order chi connectivity index (χ1) is 14.9. The van der Waals surface area contributed by atoms with Crippen LogP contribution in [0.15, 0.2) is 61.2 Å². The molecule has 0 saturated heterocycles. The molecule has 0 radical (unpaired) electrons. The molecule has 2 aromatic carbocycles. The molecule has 3 N–H and O–H groups in total. The standard InChI is InChI=1S/C23H23Cl2N5O/c1-3-20-12-21(30-23(29-20)27-14-17-5-4-6-19(25)11-17)28-15(2)22(31)26-13-16-7-9-18(24)10-8-16/h3-12,15H,1,13-14H2,2H3,(H,26,31)(H2,27,28,29,30)/t15-/m1/s1. The molecule has 0 saturated carbocycles. The lowest BCUT2D eigenvalue weighted by Crippen LogP contribution is -2.37. The van der Waals surface area contributed by atoms with Crippen molar-refractivity contribution in [3.8, 4) is 0 Å². The summed E-state index contributed by atoms with van der Waals surface area (Å²) in [5, 5.41) is 10.5. The zero-order chi connectivity index (χ0) is 22.2. The first-order valence-corrected chi connectivity index (χ1v) is 10.5. The van der Waals surface area contributed by atoms with Crippen LogP contribution in [0, 0.1) is 0 Å². The summed E-state index contributed by atoms with van der Waals surface area (Å²) in [6.45, 7) is 6.47. The molecule has 1 aromatic heterocycles. The fourth-order valence-electron chi connectivity index (χ4n) is 2.78. The molecule has 6 nitrogen and oxygen atoms in total. The molecule has 1 amide bonds. The molecule has 3 rings (SSSR count). The number of amides is 1. The smallest absolute Gasteiger partial charge is 0.242 e. The number of carbonyl (C=O) groups excluding carboxylic acids is 1. The zero-order valence-electron chi connectivity index (χ0n) is 17.0. The molecule has 0 spiro atoms. The first-order valence-electron chi connectivity index (χ1n) is 9.71. The molecule has 160 valence electrons. The summed E-state index contributed by atoms with van der Waals surface area (Å²) >= 11 is 11.9. The van der Waals surface area contributed by atoms with Crippen LogP contribution in [0.3, 0.4) is 0 Å². The number of carbonyl (C=O) groups is 1. The number of hydrogen-bond donors (Lipinski definition) is 3. The second-order valence-electron chi connectivity index (χ2n) is 6.90. The molecular weight excluding hydrogens is 433 g/mol. The Morgan fingerprint density at radius 3 is 2.52 bits per heavy atom. The van der Waals surface area contributed by atoms with Gasteiger partial charge in [-0.25, -0.2) is 4.98 Å². The van der Waals surface area contributed by atoms with E-state index in [9.17, 15) is 4.79 Å². The summed E-state index contributed by atoms with van der Waals surface area (Å²) in [5.74, 6) is 0.795. The number of nitrogens with zero attached hydrogens (tertiary/aromatic N) is 2. The van der Waals surface area contributed by atoms with E-state index in [1.807, 2.05) is 36.4 Å². The largest absolute Gasteiger partial charge is 0.358 e. The molecule has 0 fully saturated rings. The van der Waals surface area contributed by atoms with Gasteiger partial charge in [0.15, 0.2) is 0 Å². The topological polar surface area (TPSA) is 78.9 Å². The fourth-order valence-corrected chi connectivity index (χ4v) is 3.12. The number of benzene rings is 2. The molecule has 0 unspecified atom stereocenters. The lowest BCUT2D eigenvalue weighted by molar-refractivity contribution is -0.121. The Balaban J connectivity index is 1.61. The fraction of sp³-hybridized carbons (Fsp3) is 0.174. The van der Waals surface area contributed by atoms with Crippen LogP contribution in [0.25, 0.3) is 6.08 Å². The second-order valence-corrected chi connectivity index (χ2v) is 7.77. The number of aromatic nitrogens is 2. The van der Waals surface area contributed by atoms with Crippen LogP contribution >= 0.6 is 23.2 Å². The van der Waals surface area contributed by atoms with E-state index < -0.39 is 6.04 Å². The summed E-state index contributed by atoms with van der Waals surface area (Å²) in [7, 11) is 0. The second kappa shape index (κ2) is 10.8. The average Bonchev–Trinajstić information content (AvgIpc) is 2.77. The van der Waals surface area contributed by atoms with Gasteiger partial charge in [-0.2, -0.15) is 4.98 Å². The van der Waals surface area contributed by atoms with E-state index in [0.717, 1.165) is 11.1 Å². The number of anilines is 2. The van der Waals surface area contributed by atoms with Crippen molar-refractivity contribution in [2.75, 3.05) is 10.6 Å². The third-order valence-electron chi connectivity index (χ3n) is 4.43. The molecule has 1 heterocycles. The quantitative estimate of drug-likeness (QED) is 0.415. The Kier molecular flexibility index (Phi) is 7.87. The molecule has 1 atom stereocenters. The van der Waals surface area contributed by atoms with Crippen molar-refractivity contribution in [3.05, 3.63) is 88.0 Å². The molecular formula is C23H23Cl2N5O. The average molecular weight is 456 g/mol. The summed E-state index contributed by atoms with van der Waals surface area (Å²) in [4.78, 5) is 21.3. The van der Waals surface area contributed by atoms with Crippen LogP contribution in [0.4, 0.5) is 11.8 Å². The summed E-state index contributed by atoms with van der Waals surface area (Å²) in [5.41, 5.74) is 2.61. The van der Waals surface area contributed by atoms with Crippen LogP contribution in [0.1, 0.15) is 23.7 Å². The molecule has 31 heavy (non-hydrogen) atoms. The van der Waals surface area contributed by atoms with Crippen LogP contribution in [0.2, 0.25) is 10.0 Å². The van der Waals surface area contributed by atoms with Crippen molar-refractivity contribution in [2.45, 2.75) is 26.1 Å². The van der Waals surface area contributed by atoms with Crippen molar-refractivity contribution >= 4 is 47.0 Å². The van der Waals surface area contributed by atoms with Gasteiger partial charge in [-0.05, 0) is 48.4 Å². The van der Waals surface area contributed by atoms with Crippen molar-refractivity contribution in [3.63, 3.8) is 0 Å². The predicted molar refractivity (Wildman–Crippen MR) is 127 cm³/mol. The summed E-state index contributed by atoms with van der Waals surface area (Å²) in [6, 6.07) is 16.1. The lowest BCUT2D eigenvalue weighted by atomic mass is 10.2. The Bertz CT molecular complexity index is 1060. The third kappa shape index (κ3) is 6.98. The van der Waals surface area contributed by atoms with Gasteiger partial charge >= 0.3 is 0 Å². The predicted octanol–water partition coefficient (Wildman–Crippen LogP) is 5.16. The molecule has 8 heteroatoms. The van der Waals surface area contributed by atoms with Crippen molar-refractivity contribution in [1.82, 2.24) is 15.3 Å². The summed E-state index contributed by atoms with van der Waals surface area (Å²) < 4.78 is 0. The SMILES string of the molecule is C=Cc1cc(N[C@H](C)C(=O)NCc2ccc(Cl)cc2)nc(NCc2cccc(Cl)c2)n1. The van der Waals surface area contributed by atoms with Crippen molar-refractivity contribution in [1.29, 1.82) is 0 Å². The van der Waals surface area contributed by atoms with Crippen molar-refractivity contribution in [2.24, 2.45) is 0 Å². The van der Waals surface area contributed by atoms with Gasteiger partial charge in [0.05, 0.1) is 5.69 Å².